The molecule has 1 amide bonds. The molecule has 0 aliphatic carbocycles. The van der Waals surface area contributed by atoms with Gasteiger partial charge in [-0.25, -0.2) is 9.97 Å². The van der Waals surface area contributed by atoms with E-state index in [2.05, 4.69) is 20.1 Å². The lowest BCUT2D eigenvalue weighted by Gasteiger charge is -2.26. The number of ether oxygens (including phenoxy) is 1. The minimum absolute atomic E-state index is 0.134. The molecule has 0 fully saturated rings. The van der Waals surface area contributed by atoms with Crippen LogP contribution in [0.1, 0.15) is 21.9 Å². The molecule has 0 bridgehead atoms. The van der Waals surface area contributed by atoms with E-state index in [1.165, 1.54) is 19.5 Å². The van der Waals surface area contributed by atoms with Gasteiger partial charge < -0.3 is 14.6 Å². The lowest BCUT2D eigenvalue weighted by Crippen LogP contribution is -2.36. The molecule has 0 saturated carbocycles. The second-order valence-corrected chi connectivity index (χ2v) is 8.14. The number of carbonyl (C=O) groups excluding carboxylic acids is 1. The van der Waals surface area contributed by atoms with Crippen LogP contribution in [0.3, 0.4) is 0 Å². The molecule has 1 aliphatic rings. The average molecular weight is 457 g/mol. The summed E-state index contributed by atoms with van der Waals surface area (Å²) in [5.41, 5.74) is 4.46. The largest absolute Gasteiger partial charge is 0.494 e. The van der Waals surface area contributed by atoms with Crippen LogP contribution in [0.15, 0.2) is 30.7 Å². The molecular weight excluding hydrogens is 439 g/mol. The lowest BCUT2D eigenvalue weighted by molar-refractivity contribution is 0.0722. The minimum Gasteiger partial charge on any atom is -0.494 e. The second kappa shape index (κ2) is 7.55. The molecular formula is C21H18Cl2N6O2. The molecule has 1 aliphatic heterocycles. The number of nitrogens with zero attached hydrogens (tertiary/aromatic N) is 5. The molecule has 0 unspecified atom stereocenters. The van der Waals surface area contributed by atoms with Crippen LogP contribution >= 0.6 is 23.2 Å². The Morgan fingerprint density at radius 1 is 1.26 bits per heavy atom. The SMILES string of the molecule is COc1cnc(C(=O)N2CCc3[nH]c4c(Cl)c(Cl)cc(-c5ccn(C)n5)c4c3C2)nc1. The second-order valence-electron chi connectivity index (χ2n) is 7.35. The number of H-pyrrole nitrogens is 1. The summed E-state index contributed by atoms with van der Waals surface area (Å²) in [5.74, 6) is 0.401. The van der Waals surface area contributed by atoms with Gasteiger partial charge in [-0.2, -0.15) is 5.10 Å². The highest BCUT2D eigenvalue weighted by atomic mass is 35.5. The Balaban J connectivity index is 1.58. The average Bonchev–Trinajstić information content (AvgIpc) is 3.39. The van der Waals surface area contributed by atoms with Crippen molar-refractivity contribution < 1.29 is 9.53 Å². The fourth-order valence-electron chi connectivity index (χ4n) is 3.95. The maximum Gasteiger partial charge on any atom is 0.291 e. The van der Waals surface area contributed by atoms with E-state index in [4.69, 9.17) is 27.9 Å². The minimum atomic E-state index is -0.234. The zero-order chi connectivity index (χ0) is 21.7. The first-order valence-corrected chi connectivity index (χ1v) is 10.4. The van der Waals surface area contributed by atoms with E-state index in [9.17, 15) is 4.79 Å². The number of nitrogens with one attached hydrogen (secondary N) is 1. The van der Waals surface area contributed by atoms with Crippen molar-refractivity contribution in [2.45, 2.75) is 13.0 Å². The van der Waals surface area contributed by atoms with Gasteiger partial charge in [-0.1, -0.05) is 23.2 Å². The summed E-state index contributed by atoms with van der Waals surface area (Å²) in [7, 11) is 3.39. The molecule has 4 heterocycles. The summed E-state index contributed by atoms with van der Waals surface area (Å²) in [4.78, 5) is 26.5. The Bertz CT molecular complexity index is 1310. The molecule has 3 aromatic heterocycles. The topological polar surface area (TPSA) is 88.9 Å². The van der Waals surface area contributed by atoms with Crippen molar-refractivity contribution >= 4 is 40.0 Å². The number of fused-ring (bicyclic) bond motifs is 3. The van der Waals surface area contributed by atoms with Gasteiger partial charge in [-0.3, -0.25) is 9.48 Å². The number of aryl methyl sites for hydroxylation is 1. The normalized spacial score (nSPS) is 13.5. The van der Waals surface area contributed by atoms with Crippen LogP contribution in [-0.2, 0) is 20.0 Å². The van der Waals surface area contributed by atoms with Gasteiger partial charge in [0.1, 0.15) is 0 Å². The van der Waals surface area contributed by atoms with E-state index in [1.807, 2.05) is 25.4 Å². The maximum atomic E-state index is 13.0. The van der Waals surface area contributed by atoms with Crippen molar-refractivity contribution in [3.8, 4) is 17.0 Å². The van der Waals surface area contributed by atoms with Crippen LogP contribution in [0.4, 0.5) is 0 Å². The Morgan fingerprint density at radius 2 is 2.03 bits per heavy atom. The standard InChI is InChI=1S/C21H18Cl2N6O2/c1-28-5-3-16(27-28)12-7-14(22)18(23)19-17(12)13-10-29(6-4-15(13)26-19)21(30)20-24-8-11(31-2)9-25-20/h3,5,7-9,26H,4,6,10H2,1-2H3. The van der Waals surface area contributed by atoms with Crippen molar-refractivity contribution in [1.29, 1.82) is 0 Å². The van der Waals surface area contributed by atoms with E-state index >= 15 is 0 Å². The number of amides is 1. The molecule has 31 heavy (non-hydrogen) atoms. The molecule has 4 aromatic rings. The highest BCUT2D eigenvalue weighted by Crippen LogP contribution is 2.41. The van der Waals surface area contributed by atoms with E-state index in [1.54, 1.807) is 9.58 Å². The third kappa shape index (κ3) is 3.32. The van der Waals surface area contributed by atoms with Crippen LogP contribution in [0.2, 0.25) is 10.0 Å². The molecule has 0 spiro atoms. The van der Waals surface area contributed by atoms with E-state index in [0.717, 1.165) is 33.4 Å². The van der Waals surface area contributed by atoms with Gasteiger partial charge in [-0.05, 0) is 12.1 Å². The van der Waals surface area contributed by atoms with E-state index in [-0.39, 0.29) is 11.7 Å². The van der Waals surface area contributed by atoms with E-state index in [0.29, 0.717) is 35.3 Å². The van der Waals surface area contributed by atoms with Gasteiger partial charge in [0, 0.05) is 55.0 Å². The van der Waals surface area contributed by atoms with Gasteiger partial charge in [0.2, 0.25) is 5.82 Å². The van der Waals surface area contributed by atoms with Crippen LogP contribution in [0.25, 0.3) is 22.2 Å². The van der Waals surface area contributed by atoms with E-state index < -0.39 is 0 Å². The third-order valence-corrected chi connectivity index (χ3v) is 6.26. The van der Waals surface area contributed by atoms with Crippen LogP contribution in [0.5, 0.6) is 5.75 Å². The summed E-state index contributed by atoms with van der Waals surface area (Å²) in [5, 5.41) is 6.38. The number of hydrogen-bond donors (Lipinski definition) is 1. The monoisotopic (exact) mass is 456 g/mol. The number of methoxy groups -OCH3 is 1. The van der Waals surface area contributed by atoms with Gasteiger partial charge in [-0.15, -0.1) is 0 Å². The van der Waals surface area contributed by atoms with Crippen molar-refractivity contribution in [3.05, 3.63) is 57.9 Å². The number of halogens is 2. The Kier molecular flexibility index (Phi) is 4.83. The Morgan fingerprint density at radius 3 is 2.71 bits per heavy atom. The summed E-state index contributed by atoms with van der Waals surface area (Å²) in [6.07, 6.45) is 5.51. The zero-order valence-electron chi connectivity index (χ0n) is 16.8. The number of hydrogen-bond acceptors (Lipinski definition) is 5. The molecule has 1 N–H and O–H groups in total. The van der Waals surface area contributed by atoms with Crippen molar-refractivity contribution in [3.63, 3.8) is 0 Å². The number of aromatic nitrogens is 5. The molecule has 0 saturated heterocycles. The molecule has 1 aromatic carbocycles. The predicted molar refractivity (Wildman–Crippen MR) is 118 cm³/mol. The molecule has 8 nitrogen and oxygen atoms in total. The van der Waals surface area contributed by atoms with Crippen molar-refractivity contribution in [2.24, 2.45) is 7.05 Å². The van der Waals surface area contributed by atoms with Crippen molar-refractivity contribution in [1.82, 2.24) is 29.6 Å². The molecule has 0 radical (unpaired) electrons. The highest BCUT2D eigenvalue weighted by molar-refractivity contribution is 6.45. The number of aromatic amines is 1. The molecule has 0 atom stereocenters. The summed E-state index contributed by atoms with van der Waals surface area (Å²) < 4.78 is 6.81. The third-order valence-electron chi connectivity index (χ3n) is 5.47. The van der Waals surface area contributed by atoms with Crippen molar-refractivity contribution in [2.75, 3.05) is 13.7 Å². The predicted octanol–water partition coefficient (Wildman–Crippen LogP) is 3.87. The van der Waals surface area contributed by atoms with Gasteiger partial charge in [0.15, 0.2) is 5.75 Å². The fraction of sp³-hybridized carbons (Fsp3) is 0.238. The number of rotatable bonds is 3. The molecule has 5 rings (SSSR count). The summed E-state index contributed by atoms with van der Waals surface area (Å²) >= 11 is 13.0. The van der Waals surface area contributed by atoms with Crippen LogP contribution in [-0.4, -0.2) is 49.2 Å². The number of carbonyl (C=O) groups is 1. The molecule has 158 valence electrons. The summed E-state index contributed by atoms with van der Waals surface area (Å²) in [6, 6.07) is 3.76. The van der Waals surface area contributed by atoms with Crippen LogP contribution in [0, 0.1) is 0 Å². The maximum absolute atomic E-state index is 13.0. The Hall–Kier alpha value is -3.10. The first-order chi connectivity index (χ1) is 15.0. The molecule has 10 heteroatoms. The smallest absolute Gasteiger partial charge is 0.291 e. The van der Waals surface area contributed by atoms with Gasteiger partial charge in [0.05, 0.1) is 40.8 Å². The first-order valence-electron chi connectivity index (χ1n) is 9.63. The van der Waals surface area contributed by atoms with Crippen LogP contribution < -0.4 is 4.74 Å². The fourth-order valence-corrected chi connectivity index (χ4v) is 4.35. The van der Waals surface area contributed by atoms with Gasteiger partial charge >= 0.3 is 0 Å². The quantitative estimate of drug-likeness (QED) is 0.505. The first kappa shape index (κ1) is 19.8. The zero-order valence-corrected chi connectivity index (χ0v) is 18.3. The number of benzene rings is 1. The van der Waals surface area contributed by atoms with Gasteiger partial charge in [0.25, 0.3) is 5.91 Å². The highest BCUT2D eigenvalue weighted by Gasteiger charge is 2.29. The Labute approximate surface area is 187 Å². The summed E-state index contributed by atoms with van der Waals surface area (Å²) in [6.45, 7) is 0.944. The lowest BCUT2D eigenvalue weighted by atomic mass is 9.99.